The number of rotatable bonds is 5. The zero-order valence-corrected chi connectivity index (χ0v) is 9.28. The van der Waals surface area contributed by atoms with E-state index in [-0.39, 0.29) is 5.82 Å². The first-order valence-electron chi connectivity index (χ1n) is 5.08. The zero-order valence-electron chi connectivity index (χ0n) is 9.28. The normalized spacial score (nSPS) is 10.1. The van der Waals surface area contributed by atoms with Crippen LogP contribution in [0.3, 0.4) is 0 Å². The van der Waals surface area contributed by atoms with Crippen molar-refractivity contribution in [1.29, 1.82) is 0 Å². The molecule has 1 N–H and O–H groups in total. The van der Waals surface area contributed by atoms with Gasteiger partial charge in [0.05, 0.1) is 6.61 Å². The van der Waals surface area contributed by atoms with Crippen molar-refractivity contribution < 1.29 is 9.53 Å². The molecule has 1 rings (SSSR count). The van der Waals surface area contributed by atoms with Crippen LogP contribution in [-0.2, 0) is 11.3 Å². The van der Waals surface area contributed by atoms with Gasteiger partial charge in [0.1, 0.15) is 0 Å². The van der Waals surface area contributed by atoms with Crippen molar-refractivity contribution >= 4 is 11.9 Å². The van der Waals surface area contributed by atoms with Gasteiger partial charge in [-0.2, -0.15) is 0 Å². The fraction of sp³-hybridized carbons (Fsp3) is 0.667. The van der Waals surface area contributed by atoms with Crippen molar-refractivity contribution in [1.82, 2.24) is 14.8 Å². The van der Waals surface area contributed by atoms with Gasteiger partial charge in [0.15, 0.2) is 0 Å². The van der Waals surface area contributed by atoms with Crippen molar-refractivity contribution in [2.24, 2.45) is 0 Å². The molecule has 1 aromatic rings. The van der Waals surface area contributed by atoms with Crippen LogP contribution in [0.1, 0.15) is 31.4 Å². The highest BCUT2D eigenvalue weighted by atomic mass is 16.5. The summed E-state index contributed by atoms with van der Waals surface area (Å²) in [5.41, 5.74) is 0. The maximum absolute atomic E-state index is 11.5. The Labute approximate surface area is 88.6 Å². The zero-order chi connectivity index (χ0) is 11.3. The molecule has 0 saturated carbocycles. The van der Waals surface area contributed by atoms with E-state index in [0.29, 0.717) is 19.1 Å². The first-order valence-corrected chi connectivity index (χ1v) is 5.08. The number of hydrogen-bond donors (Lipinski definition) is 1. The Bertz CT molecular complexity index is 335. The number of carbonyl (C=O) groups excluding carboxylic acids is 1. The van der Waals surface area contributed by atoms with Crippen molar-refractivity contribution in [3.05, 3.63) is 5.82 Å². The molecule has 1 heterocycles. The first kappa shape index (κ1) is 11.5. The summed E-state index contributed by atoms with van der Waals surface area (Å²) in [4.78, 5) is 11.5. The lowest BCUT2D eigenvalue weighted by molar-refractivity contribution is 0.0506. The van der Waals surface area contributed by atoms with E-state index < -0.39 is 5.97 Å². The van der Waals surface area contributed by atoms with E-state index in [4.69, 9.17) is 4.74 Å². The molecule has 84 valence electrons. The second-order valence-corrected chi connectivity index (χ2v) is 2.84. The maximum atomic E-state index is 11.5. The molecule has 0 aliphatic heterocycles. The second-order valence-electron chi connectivity index (χ2n) is 2.84. The highest BCUT2D eigenvalue weighted by Crippen LogP contribution is 2.08. The standard InChI is InChI=1S/C9H16N4O2/c1-4-10-9-12-11-7(13(9)5-2)8(14)15-6-3/h4-6H2,1-3H3,(H,10,12). The summed E-state index contributed by atoms with van der Waals surface area (Å²) < 4.78 is 6.57. The smallest absolute Gasteiger partial charge is 0.376 e. The number of hydrogen-bond acceptors (Lipinski definition) is 5. The van der Waals surface area contributed by atoms with Gasteiger partial charge in [-0.05, 0) is 20.8 Å². The van der Waals surface area contributed by atoms with Gasteiger partial charge in [-0.25, -0.2) is 4.79 Å². The van der Waals surface area contributed by atoms with Crippen LogP contribution in [0, 0.1) is 0 Å². The van der Waals surface area contributed by atoms with E-state index in [1.807, 2.05) is 13.8 Å². The molecule has 0 aliphatic carbocycles. The Hall–Kier alpha value is -1.59. The lowest BCUT2D eigenvalue weighted by Crippen LogP contribution is -2.14. The van der Waals surface area contributed by atoms with Gasteiger partial charge in [-0.3, -0.25) is 4.57 Å². The minimum Gasteiger partial charge on any atom is -0.460 e. The summed E-state index contributed by atoms with van der Waals surface area (Å²) >= 11 is 0. The third-order valence-electron chi connectivity index (χ3n) is 1.86. The van der Waals surface area contributed by atoms with Crippen LogP contribution in [0.2, 0.25) is 0 Å². The van der Waals surface area contributed by atoms with Crippen LogP contribution in [0.4, 0.5) is 5.95 Å². The predicted molar refractivity (Wildman–Crippen MR) is 55.8 cm³/mol. The molecular formula is C9H16N4O2. The largest absolute Gasteiger partial charge is 0.460 e. The van der Waals surface area contributed by atoms with Gasteiger partial charge in [0.2, 0.25) is 11.8 Å². The van der Waals surface area contributed by atoms with E-state index in [1.165, 1.54) is 0 Å². The van der Waals surface area contributed by atoms with Crippen LogP contribution < -0.4 is 5.32 Å². The van der Waals surface area contributed by atoms with Crippen LogP contribution in [0.25, 0.3) is 0 Å². The number of aromatic nitrogens is 3. The molecule has 0 spiro atoms. The number of anilines is 1. The minimum atomic E-state index is -0.434. The Morgan fingerprint density at radius 3 is 2.67 bits per heavy atom. The molecule has 0 radical (unpaired) electrons. The van der Waals surface area contributed by atoms with E-state index in [0.717, 1.165) is 6.54 Å². The maximum Gasteiger partial charge on any atom is 0.376 e. The SMILES string of the molecule is CCNc1nnc(C(=O)OCC)n1CC. The van der Waals surface area contributed by atoms with E-state index in [2.05, 4.69) is 15.5 Å². The van der Waals surface area contributed by atoms with Gasteiger partial charge in [-0.1, -0.05) is 0 Å². The summed E-state index contributed by atoms with van der Waals surface area (Å²) in [6, 6.07) is 0. The van der Waals surface area contributed by atoms with Crippen molar-refractivity contribution in [2.75, 3.05) is 18.5 Å². The highest BCUT2D eigenvalue weighted by molar-refractivity contribution is 5.85. The van der Waals surface area contributed by atoms with Crippen LogP contribution in [-0.4, -0.2) is 33.9 Å². The van der Waals surface area contributed by atoms with Gasteiger partial charge >= 0.3 is 5.97 Å². The summed E-state index contributed by atoms with van der Waals surface area (Å²) in [5.74, 6) is 0.411. The molecule has 6 heteroatoms. The van der Waals surface area contributed by atoms with Crippen molar-refractivity contribution in [3.63, 3.8) is 0 Å². The number of nitrogens with zero attached hydrogens (tertiary/aromatic N) is 3. The molecule has 15 heavy (non-hydrogen) atoms. The Morgan fingerprint density at radius 2 is 2.13 bits per heavy atom. The molecule has 0 atom stereocenters. The number of ether oxygens (including phenoxy) is 1. The Balaban J connectivity index is 2.92. The van der Waals surface area contributed by atoms with Crippen molar-refractivity contribution in [3.8, 4) is 0 Å². The molecule has 6 nitrogen and oxygen atoms in total. The summed E-state index contributed by atoms with van der Waals surface area (Å²) in [5, 5.41) is 10.7. The molecule has 0 amide bonds. The fourth-order valence-electron chi connectivity index (χ4n) is 1.24. The van der Waals surface area contributed by atoms with Crippen LogP contribution >= 0.6 is 0 Å². The van der Waals surface area contributed by atoms with Crippen molar-refractivity contribution in [2.45, 2.75) is 27.3 Å². The lowest BCUT2D eigenvalue weighted by Gasteiger charge is -2.06. The molecule has 0 saturated heterocycles. The molecule has 0 fully saturated rings. The first-order chi connectivity index (χ1) is 7.24. The van der Waals surface area contributed by atoms with E-state index in [9.17, 15) is 4.79 Å². The summed E-state index contributed by atoms with van der Waals surface area (Å²) in [6.45, 7) is 7.35. The monoisotopic (exact) mass is 212 g/mol. The van der Waals surface area contributed by atoms with E-state index >= 15 is 0 Å². The topological polar surface area (TPSA) is 69.0 Å². The predicted octanol–water partition coefficient (Wildman–Crippen LogP) is 0.906. The molecular weight excluding hydrogens is 196 g/mol. The lowest BCUT2D eigenvalue weighted by atomic mass is 10.5. The highest BCUT2D eigenvalue weighted by Gasteiger charge is 2.17. The third-order valence-corrected chi connectivity index (χ3v) is 1.86. The fourth-order valence-corrected chi connectivity index (χ4v) is 1.24. The average Bonchev–Trinajstić information content (AvgIpc) is 2.62. The molecule has 1 aromatic heterocycles. The van der Waals surface area contributed by atoms with Gasteiger partial charge < -0.3 is 10.1 Å². The number of nitrogens with one attached hydrogen (secondary N) is 1. The van der Waals surface area contributed by atoms with Crippen LogP contribution in [0.5, 0.6) is 0 Å². The third kappa shape index (κ3) is 2.45. The molecule has 0 aliphatic rings. The minimum absolute atomic E-state index is 0.246. The summed E-state index contributed by atoms with van der Waals surface area (Å²) in [6.07, 6.45) is 0. The number of carbonyl (C=O) groups is 1. The van der Waals surface area contributed by atoms with Gasteiger partial charge in [0, 0.05) is 13.1 Å². The van der Waals surface area contributed by atoms with Gasteiger partial charge in [-0.15, -0.1) is 10.2 Å². The van der Waals surface area contributed by atoms with E-state index in [1.54, 1.807) is 11.5 Å². The summed E-state index contributed by atoms with van der Waals surface area (Å²) in [7, 11) is 0. The Kier molecular flexibility index (Phi) is 4.08. The molecule has 0 unspecified atom stereocenters. The molecule has 0 aromatic carbocycles. The quantitative estimate of drug-likeness (QED) is 0.734. The Morgan fingerprint density at radius 1 is 1.40 bits per heavy atom. The van der Waals surface area contributed by atoms with Gasteiger partial charge in [0.25, 0.3) is 0 Å². The number of esters is 1. The van der Waals surface area contributed by atoms with Crippen LogP contribution in [0.15, 0.2) is 0 Å². The molecule has 0 bridgehead atoms. The average molecular weight is 212 g/mol. The second kappa shape index (κ2) is 5.33.